The van der Waals surface area contributed by atoms with E-state index in [0.29, 0.717) is 6.54 Å². The van der Waals surface area contributed by atoms with Crippen LogP contribution < -0.4 is 9.62 Å². The van der Waals surface area contributed by atoms with E-state index in [1.807, 2.05) is 19.1 Å². The average Bonchev–Trinajstić information content (AvgIpc) is 2.64. The minimum absolute atomic E-state index is 0.119. The van der Waals surface area contributed by atoms with Gasteiger partial charge in [-0.05, 0) is 43.9 Å². The van der Waals surface area contributed by atoms with Gasteiger partial charge in [-0.25, -0.2) is 12.8 Å². The van der Waals surface area contributed by atoms with Crippen LogP contribution in [-0.4, -0.2) is 33.2 Å². The molecule has 7 heteroatoms. The molecular weight excluding hydrogens is 379 g/mol. The van der Waals surface area contributed by atoms with Crippen LogP contribution in [0.3, 0.4) is 0 Å². The van der Waals surface area contributed by atoms with Crippen molar-refractivity contribution in [3.63, 3.8) is 0 Å². The molecule has 0 saturated heterocycles. The molecule has 0 saturated carbocycles. The van der Waals surface area contributed by atoms with Gasteiger partial charge in [0.05, 0.1) is 11.9 Å². The van der Waals surface area contributed by atoms with Gasteiger partial charge in [0, 0.05) is 6.54 Å². The molecule has 0 heterocycles. The molecule has 0 aromatic heterocycles. The summed E-state index contributed by atoms with van der Waals surface area (Å²) in [4.78, 5) is 12.7. The number of carbonyl (C=O) groups excluding carboxylic acids is 1. The van der Waals surface area contributed by atoms with Gasteiger partial charge in [-0.2, -0.15) is 0 Å². The highest BCUT2D eigenvalue weighted by Gasteiger charge is 2.32. The van der Waals surface area contributed by atoms with Crippen molar-refractivity contribution < 1.29 is 17.6 Å². The molecule has 0 spiro atoms. The number of para-hydroxylation sites is 1. The molecule has 2 aromatic carbocycles. The molecule has 1 amide bonds. The van der Waals surface area contributed by atoms with Gasteiger partial charge in [-0.3, -0.25) is 9.10 Å². The predicted octanol–water partition coefficient (Wildman–Crippen LogP) is 3.43. The Morgan fingerprint density at radius 3 is 2.36 bits per heavy atom. The van der Waals surface area contributed by atoms with E-state index >= 15 is 0 Å². The molecule has 0 aliphatic heterocycles. The Morgan fingerprint density at radius 1 is 1.14 bits per heavy atom. The summed E-state index contributed by atoms with van der Waals surface area (Å²) in [5, 5.41) is 2.79. The summed E-state index contributed by atoms with van der Waals surface area (Å²) in [6.07, 6.45) is 2.74. The quantitative estimate of drug-likeness (QED) is 0.649. The lowest BCUT2D eigenvalue weighted by Gasteiger charge is -2.30. The van der Waals surface area contributed by atoms with Crippen LogP contribution in [0.1, 0.15) is 30.9 Å². The predicted molar refractivity (Wildman–Crippen MR) is 110 cm³/mol. The number of halogens is 1. The molecule has 0 fully saturated rings. The molecule has 0 aliphatic carbocycles. The largest absolute Gasteiger partial charge is 0.354 e. The van der Waals surface area contributed by atoms with Crippen LogP contribution in [0.2, 0.25) is 0 Å². The zero-order valence-electron chi connectivity index (χ0n) is 16.5. The summed E-state index contributed by atoms with van der Waals surface area (Å²) in [7, 11) is -3.84. The van der Waals surface area contributed by atoms with E-state index in [1.165, 1.54) is 29.3 Å². The van der Waals surface area contributed by atoms with Crippen molar-refractivity contribution >= 4 is 21.6 Å². The molecule has 1 N–H and O–H groups in total. The van der Waals surface area contributed by atoms with Crippen LogP contribution in [0.4, 0.5) is 10.1 Å². The van der Waals surface area contributed by atoms with E-state index in [2.05, 4.69) is 17.4 Å². The number of nitrogens with zero attached hydrogens (tertiary/aromatic N) is 1. The third-order valence-corrected chi connectivity index (χ3v) is 5.65. The number of sulfonamides is 1. The summed E-state index contributed by atoms with van der Waals surface area (Å²) in [6, 6.07) is 12.7. The molecule has 2 aromatic rings. The number of hydrogen-bond donors (Lipinski definition) is 1. The lowest BCUT2D eigenvalue weighted by molar-refractivity contribution is -0.122. The third-order valence-electron chi connectivity index (χ3n) is 4.48. The summed E-state index contributed by atoms with van der Waals surface area (Å²) < 4.78 is 39.7. The van der Waals surface area contributed by atoms with Crippen LogP contribution in [0, 0.1) is 12.7 Å². The first kappa shape index (κ1) is 21.9. The van der Waals surface area contributed by atoms with E-state index < -0.39 is 27.8 Å². The van der Waals surface area contributed by atoms with Crippen molar-refractivity contribution in [2.75, 3.05) is 17.1 Å². The van der Waals surface area contributed by atoms with Crippen molar-refractivity contribution in [1.82, 2.24) is 5.32 Å². The summed E-state index contributed by atoms with van der Waals surface area (Å²) in [5.41, 5.74) is 2.25. The van der Waals surface area contributed by atoms with Crippen LogP contribution in [0.15, 0.2) is 48.5 Å². The molecule has 28 heavy (non-hydrogen) atoms. The summed E-state index contributed by atoms with van der Waals surface area (Å²) >= 11 is 0. The second kappa shape index (κ2) is 9.68. The number of anilines is 1. The molecule has 0 bridgehead atoms. The standard InChI is InChI=1S/C21H27FN2O3S/c1-4-19(24(28(3,26)27)20-10-6-5-9-18(20)22)21(25)23-15-7-8-17-13-11-16(2)12-14-17/h5-6,9-14,19H,4,7-8,15H2,1-3H3,(H,23,25). The molecule has 1 unspecified atom stereocenters. The molecule has 1 atom stereocenters. The number of rotatable bonds is 9. The Hall–Kier alpha value is -2.41. The maximum atomic E-state index is 14.2. The van der Waals surface area contributed by atoms with Gasteiger partial charge in [0.1, 0.15) is 11.9 Å². The first-order valence-corrected chi connectivity index (χ1v) is 11.2. The molecular formula is C21H27FN2O3S. The Balaban J connectivity index is 2.05. The van der Waals surface area contributed by atoms with E-state index in [0.717, 1.165) is 23.4 Å². The SMILES string of the molecule is CCC(C(=O)NCCCc1ccc(C)cc1)N(c1ccccc1F)S(C)(=O)=O. The first-order valence-electron chi connectivity index (χ1n) is 9.31. The van der Waals surface area contributed by atoms with Gasteiger partial charge in [0.25, 0.3) is 0 Å². The first-order chi connectivity index (χ1) is 13.2. The summed E-state index contributed by atoms with van der Waals surface area (Å²) in [6.45, 7) is 4.14. The lowest BCUT2D eigenvalue weighted by Crippen LogP contribution is -2.49. The van der Waals surface area contributed by atoms with Gasteiger partial charge in [0.15, 0.2) is 0 Å². The Bertz CT molecular complexity index is 898. The number of hydrogen-bond acceptors (Lipinski definition) is 3. The van der Waals surface area contributed by atoms with Crippen molar-refractivity contribution in [3.05, 3.63) is 65.5 Å². The molecule has 0 radical (unpaired) electrons. The number of benzene rings is 2. The summed E-state index contributed by atoms with van der Waals surface area (Å²) in [5.74, 6) is -1.11. The minimum Gasteiger partial charge on any atom is -0.354 e. The Morgan fingerprint density at radius 2 is 1.79 bits per heavy atom. The van der Waals surface area contributed by atoms with Crippen molar-refractivity contribution in [2.45, 2.75) is 39.2 Å². The van der Waals surface area contributed by atoms with E-state index in [9.17, 15) is 17.6 Å². The van der Waals surface area contributed by atoms with E-state index in [4.69, 9.17) is 0 Å². The molecule has 0 aliphatic rings. The molecule has 152 valence electrons. The normalized spacial score (nSPS) is 12.4. The van der Waals surface area contributed by atoms with Crippen LogP contribution in [0.25, 0.3) is 0 Å². The second-order valence-corrected chi connectivity index (χ2v) is 8.67. The zero-order valence-corrected chi connectivity index (χ0v) is 17.3. The van der Waals surface area contributed by atoms with Gasteiger partial charge < -0.3 is 5.32 Å². The Kier molecular flexibility index (Phi) is 7.57. The van der Waals surface area contributed by atoms with Gasteiger partial charge in [-0.15, -0.1) is 0 Å². The van der Waals surface area contributed by atoms with E-state index in [-0.39, 0.29) is 12.1 Å². The topological polar surface area (TPSA) is 66.5 Å². The number of aryl methyl sites for hydroxylation is 2. The Labute approximate surface area is 166 Å². The molecule has 5 nitrogen and oxygen atoms in total. The van der Waals surface area contributed by atoms with Gasteiger partial charge in [-0.1, -0.05) is 48.9 Å². The lowest BCUT2D eigenvalue weighted by atomic mass is 10.1. The van der Waals surface area contributed by atoms with E-state index in [1.54, 1.807) is 13.0 Å². The third kappa shape index (κ3) is 5.79. The highest BCUT2D eigenvalue weighted by Crippen LogP contribution is 2.25. The smallest absolute Gasteiger partial charge is 0.243 e. The number of carbonyl (C=O) groups is 1. The maximum Gasteiger partial charge on any atom is 0.243 e. The van der Waals surface area contributed by atoms with Crippen molar-refractivity contribution in [2.24, 2.45) is 0 Å². The fourth-order valence-electron chi connectivity index (χ4n) is 3.04. The second-order valence-electron chi connectivity index (χ2n) is 6.81. The fraction of sp³-hybridized carbons (Fsp3) is 0.381. The average molecular weight is 407 g/mol. The minimum atomic E-state index is -3.84. The fourth-order valence-corrected chi connectivity index (χ4v) is 4.25. The maximum absolute atomic E-state index is 14.2. The zero-order chi connectivity index (χ0) is 20.7. The van der Waals surface area contributed by atoms with Crippen molar-refractivity contribution in [3.8, 4) is 0 Å². The van der Waals surface area contributed by atoms with Gasteiger partial charge in [0.2, 0.25) is 15.9 Å². The number of amides is 1. The van der Waals surface area contributed by atoms with Gasteiger partial charge >= 0.3 is 0 Å². The highest BCUT2D eigenvalue weighted by atomic mass is 32.2. The van der Waals surface area contributed by atoms with Crippen LogP contribution >= 0.6 is 0 Å². The highest BCUT2D eigenvalue weighted by molar-refractivity contribution is 7.92. The number of nitrogens with one attached hydrogen (secondary N) is 1. The van der Waals surface area contributed by atoms with Crippen LogP contribution in [-0.2, 0) is 21.2 Å². The van der Waals surface area contributed by atoms with Crippen LogP contribution in [0.5, 0.6) is 0 Å². The molecule has 2 rings (SSSR count). The van der Waals surface area contributed by atoms with Crippen molar-refractivity contribution in [1.29, 1.82) is 0 Å². The monoisotopic (exact) mass is 406 g/mol.